The predicted molar refractivity (Wildman–Crippen MR) is 74.3 cm³/mol. The average Bonchev–Trinajstić information content (AvgIpc) is 2.41. The van der Waals surface area contributed by atoms with Crippen molar-refractivity contribution in [2.45, 2.75) is 44.8 Å². The minimum atomic E-state index is -0.604. The second-order valence-electron chi connectivity index (χ2n) is 5.40. The number of anilines is 1. The van der Waals surface area contributed by atoms with Gasteiger partial charge in [-0.2, -0.15) is 0 Å². The van der Waals surface area contributed by atoms with E-state index < -0.39 is 10.7 Å². The lowest BCUT2D eigenvalue weighted by Gasteiger charge is -2.38. The topological polar surface area (TPSA) is 64.4 Å². The van der Waals surface area contributed by atoms with Gasteiger partial charge in [0.1, 0.15) is 11.5 Å². The molecule has 1 N–H and O–H groups in total. The van der Waals surface area contributed by atoms with Gasteiger partial charge in [0.05, 0.1) is 16.6 Å². The van der Waals surface area contributed by atoms with Gasteiger partial charge in [0.2, 0.25) is 0 Å². The Morgan fingerprint density at radius 1 is 1.60 bits per heavy atom. The number of nitro groups is 1. The van der Waals surface area contributed by atoms with Crippen LogP contribution in [0.15, 0.2) is 18.2 Å². The van der Waals surface area contributed by atoms with Crippen LogP contribution >= 0.6 is 0 Å². The molecule has 0 bridgehead atoms. The summed E-state index contributed by atoms with van der Waals surface area (Å²) in [7, 11) is 0. The standard InChI is InChI=1S/C14H19FN2O3/c1-3-14(2)9-11(6-7-20-14)16-12-5-4-10(15)8-13(12)17(18)19/h4-5,8,11,16H,3,6-7,9H2,1-2H3. The summed E-state index contributed by atoms with van der Waals surface area (Å²) in [5.41, 5.74) is -0.0680. The van der Waals surface area contributed by atoms with Gasteiger partial charge in [0.25, 0.3) is 5.69 Å². The number of rotatable bonds is 4. The van der Waals surface area contributed by atoms with E-state index in [4.69, 9.17) is 4.74 Å². The van der Waals surface area contributed by atoms with Gasteiger partial charge in [-0.25, -0.2) is 4.39 Å². The summed E-state index contributed by atoms with van der Waals surface area (Å²) < 4.78 is 18.9. The van der Waals surface area contributed by atoms with Crippen LogP contribution in [0.5, 0.6) is 0 Å². The lowest BCUT2D eigenvalue weighted by Crippen LogP contribution is -2.41. The summed E-state index contributed by atoms with van der Waals surface area (Å²) in [4.78, 5) is 10.4. The van der Waals surface area contributed by atoms with Gasteiger partial charge < -0.3 is 10.1 Å². The zero-order valence-electron chi connectivity index (χ0n) is 11.7. The molecule has 2 atom stereocenters. The minimum Gasteiger partial charge on any atom is -0.377 e. The molecule has 0 aromatic heterocycles. The number of nitrogens with one attached hydrogen (secondary N) is 1. The monoisotopic (exact) mass is 282 g/mol. The van der Waals surface area contributed by atoms with Crippen LogP contribution < -0.4 is 5.32 Å². The Morgan fingerprint density at radius 3 is 3.00 bits per heavy atom. The number of nitro benzene ring substituents is 1. The first kappa shape index (κ1) is 14.7. The largest absolute Gasteiger partial charge is 0.377 e. The first-order valence-corrected chi connectivity index (χ1v) is 6.78. The van der Waals surface area contributed by atoms with Gasteiger partial charge in [-0.3, -0.25) is 10.1 Å². The highest BCUT2D eigenvalue weighted by Gasteiger charge is 2.32. The van der Waals surface area contributed by atoms with Crippen LogP contribution in [-0.4, -0.2) is 23.2 Å². The van der Waals surface area contributed by atoms with Crippen LogP contribution in [0.3, 0.4) is 0 Å². The van der Waals surface area contributed by atoms with E-state index in [0.29, 0.717) is 12.3 Å². The van der Waals surface area contributed by atoms with Crippen molar-refractivity contribution in [1.29, 1.82) is 0 Å². The summed E-state index contributed by atoms with van der Waals surface area (Å²) >= 11 is 0. The number of ether oxygens (including phenoxy) is 1. The highest BCUT2D eigenvalue weighted by Crippen LogP contribution is 2.32. The van der Waals surface area contributed by atoms with Crippen molar-refractivity contribution < 1.29 is 14.1 Å². The van der Waals surface area contributed by atoms with Crippen molar-refractivity contribution in [3.63, 3.8) is 0 Å². The predicted octanol–water partition coefficient (Wildman–Crippen LogP) is 3.49. The first-order valence-electron chi connectivity index (χ1n) is 6.78. The maximum absolute atomic E-state index is 13.1. The van der Waals surface area contributed by atoms with E-state index >= 15 is 0 Å². The van der Waals surface area contributed by atoms with E-state index in [1.165, 1.54) is 12.1 Å². The van der Waals surface area contributed by atoms with Gasteiger partial charge in [-0.15, -0.1) is 0 Å². The Hall–Kier alpha value is -1.69. The molecule has 1 saturated heterocycles. The fourth-order valence-electron chi connectivity index (χ4n) is 2.50. The van der Waals surface area contributed by atoms with Crippen LogP contribution in [-0.2, 0) is 4.74 Å². The SMILES string of the molecule is CCC1(C)CC(Nc2ccc(F)cc2[N+](=O)[O-])CCO1. The van der Waals surface area contributed by atoms with Gasteiger partial charge in [0.15, 0.2) is 0 Å². The Balaban J connectivity index is 2.16. The van der Waals surface area contributed by atoms with E-state index in [1.54, 1.807) is 0 Å². The molecule has 0 amide bonds. The molecule has 110 valence electrons. The summed E-state index contributed by atoms with van der Waals surface area (Å²) in [5.74, 6) is -0.604. The molecule has 1 aromatic rings. The molecule has 1 fully saturated rings. The van der Waals surface area contributed by atoms with Gasteiger partial charge >= 0.3 is 0 Å². The quantitative estimate of drug-likeness (QED) is 0.678. The zero-order valence-corrected chi connectivity index (χ0v) is 11.7. The van der Waals surface area contributed by atoms with Crippen molar-refractivity contribution in [3.05, 3.63) is 34.1 Å². The van der Waals surface area contributed by atoms with E-state index in [9.17, 15) is 14.5 Å². The summed E-state index contributed by atoms with van der Waals surface area (Å²) in [5, 5.41) is 14.1. The second-order valence-corrected chi connectivity index (χ2v) is 5.40. The normalized spacial score (nSPS) is 26.2. The fraction of sp³-hybridized carbons (Fsp3) is 0.571. The van der Waals surface area contributed by atoms with E-state index in [-0.39, 0.29) is 17.3 Å². The van der Waals surface area contributed by atoms with E-state index in [2.05, 4.69) is 12.2 Å². The molecule has 5 nitrogen and oxygen atoms in total. The lowest BCUT2D eigenvalue weighted by molar-refractivity contribution is -0.384. The number of benzene rings is 1. The third-order valence-corrected chi connectivity index (χ3v) is 3.86. The minimum absolute atomic E-state index is 0.0952. The molecule has 2 rings (SSSR count). The van der Waals surface area contributed by atoms with Crippen LogP contribution in [0.4, 0.5) is 15.8 Å². The number of halogens is 1. The third-order valence-electron chi connectivity index (χ3n) is 3.86. The number of hydrogen-bond donors (Lipinski definition) is 1. The summed E-state index contributed by atoms with van der Waals surface area (Å²) in [6.07, 6.45) is 2.44. The molecule has 1 aliphatic heterocycles. The molecule has 1 heterocycles. The highest BCUT2D eigenvalue weighted by molar-refractivity contribution is 5.61. The number of nitrogens with zero attached hydrogens (tertiary/aromatic N) is 1. The molecule has 6 heteroatoms. The Kier molecular flexibility index (Phi) is 4.23. The van der Waals surface area contributed by atoms with Crippen LogP contribution in [0.25, 0.3) is 0 Å². The van der Waals surface area contributed by atoms with Gasteiger partial charge in [-0.1, -0.05) is 6.92 Å². The van der Waals surface area contributed by atoms with E-state index in [0.717, 1.165) is 25.3 Å². The highest BCUT2D eigenvalue weighted by atomic mass is 19.1. The average molecular weight is 282 g/mol. The Labute approximate surface area is 117 Å². The Bertz CT molecular complexity index is 509. The summed E-state index contributed by atoms with van der Waals surface area (Å²) in [6.45, 7) is 4.72. The molecule has 20 heavy (non-hydrogen) atoms. The molecule has 0 aliphatic carbocycles. The third kappa shape index (κ3) is 3.25. The van der Waals surface area contributed by atoms with Crippen LogP contribution in [0, 0.1) is 15.9 Å². The molecule has 1 aromatic carbocycles. The maximum atomic E-state index is 13.1. The fourth-order valence-corrected chi connectivity index (χ4v) is 2.50. The van der Waals surface area contributed by atoms with Crippen molar-refractivity contribution in [2.24, 2.45) is 0 Å². The molecule has 0 saturated carbocycles. The van der Waals surface area contributed by atoms with E-state index in [1.807, 2.05) is 6.92 Å². The smallest absolute Gasteiger partial charge is 0.295 e. The molecule has 2 unspecified atom stereocenters. The maximum Gasteiger partial charge on any atom is 0.295 e. The first-order chi connectivity index (χ1) is 9.43. The Morgan fingerprint density at radius 2 is 2.35 bits per heavy atom. The van der Waals surface area contributed by atoms with Crippen LogP contribution in [0.2, 0.25) is 0 Å². The van der Waals surface area contributed by atoms with Crippen molar-refractivity contribution in [3.8, 4) is 0 Å². The van der Waals surface area contributed by atoms with Crippen molar-refractivity contribution in [2.75, 3.05) is 11.9 Å². The van der Waals surface area contributed by atoms with Gasteiger partial charge in [-0.05, 0) is 38.3 Å². The van der Waals surface area contributed by atoms with Gasteiger partial charge in [0, 0.05) is 12.6 Å². The van der Waals surface area contributed by atoms with Crippen molar-refractivity contribution in [1.82, 2.24) is 0 Å². The molecule has 1 aliphatic rings. The second kappa shape index (κ2) is 5.75. The summed E-state index contributed by atoms with van der Waals surface area (Å²) in [6, 6.07) is 3.69. The molecular formula is C14H19FN2O3. The lowest BCUT2D eigenvalue weighted by atomic mass is 9.90. The molecular weight excluding hydrogens is 263 g/mol. The van der Waals surface area contributed by atoms with Crippen LogP contribution in [0.1, 0.15) is 33.1 Å². The number of hydrogen-bond acceptors (Lipinski definition) is 4. The molecule has 0 radical (unpaired) electrons. The van der Waals surface area contributed by atoms with Crippen molar-refractivity contribution >= 4 is 11.4 Å². The zero-order chi connectivity index (χ0) is 14.8. The molecule has 0 spiro atoms.